The van der Waals surface area contributed by atoms with Crippen molar-refractivity contribution in [3.05, 3.63) is 29.6 Å². The molecule has 0 bridgehead atoms. The molecule has 0 spiro atoms. The number of hydrogen-bond donors (Lipinski definition) is 1. The van der Waals surface area contributed by atoms with Crippen LogP contribution in [0.25, 0.3) is 11.5 Å². The van der Waals surface area contributed by atoms with Crippen LogP contribution >= 0.6 is 0 Å². The van der Waals surface area contributed by atoms with Gasteiger partial charge in [-0.15, -0.1) is 0 Å². The van der Waals surface area contributed by atoms with Crippen molar-refractivity contribution in [3.63, 3.8) is 0 Å². The van der Waals surface area contributed by atoms with Gasteiger partial charge in [-0.25, -0.2) is 0 Å². The lowest BCUT2D eigenvalue weighted by Gasteiger charge is -2.01. The minimum absolute atomic E-state index is 0.256. The van der Waals surface area contributed by atoms with Crippen LogP contribution in [0, 0.1) is 6.92 Å². The number of hydrogen-bond acceptors (Lipinski definition) is 4. The van der Waals surface area contributed by atoms with Crippen LogP contribution in [0.1, 0.15) is 43.0 Å². The van der Waals surface area contributed by atoms with Crippen LogP contribution in [0.5, 0.6) is 5.75 Å². The molecular weight excluding hydrogens is 228 g/mol. The predicted octanol–water partition coefficient (Wildman–Crippen LogP) is 3.41. The van der Waals surface area contributed by atoms with Crippen molar-refractivity contribution < 1.29 is 9.63 Å². The summed E-state index contributed by atoms with van der Waals surface area (Å²) in [7, 11) is 0. The standard InChI is InChI=1S/C14H16N2O2/c1-9-8-11(17)6-7-12(9)14-15-13(16-18-14)10-4-2-3-5-10/h6-8,10,17H,2-5H2,1H3. The zero-order valence-electron chi connectivity index (χ0n) is 10.4. The molecule has 0 unspecified atom stereocenters. The van der Waals surface area contributed by atoms with Gasteiger partial charge in [0.15, 0.2) is 5.82 Å². The van der Waals surface area contributed by atoms with Gasteiger partial charge in [0, 0.05) is 11.5 Å². The highest BCUT2D eigenvalue weighted by Gasteiger charge is 2.23. The molecule has 4 nitrogen and oxygen atoms in total. The van der Waals surface area contributed by atoms with Crippen LogP contribution < -0.4 is 0 Å². The van der Waals surface area contributed by atoms with Crippen molar-refractivity contribution in [3.8, 4) is 17.2 Å². The Kier molecular flexibility index (Phi) is 2.78. The summed E-state index contributed by atoms with van der Waals surface area (Å²) >= 11 is 0. The summed E-state index contributed by atoms with van der Waals surface area (Å²) in [4.78, 5) is 4.49. The molecule has 94 valence electrons. The van der Waals surface area contributed by atoms with E-state index in [1.54, 1.807) is 12.1 Å². The molecule has 2 aromatic rings. The summed E-state index contributed by atoms with van der Waals surface area (Å²) in [6.45, 7) is 1.93. The molecule has 0 saturated heterocycles. The monoisotopic (exact) mass is 244 g/mol. The van der Waals surface area contributed by atoms with Gasteiger partial charge in [0.2, 0.25) is 0 Å². The molecule has 18 heavy (non-hydrogen) atoms. The Labute approximate surface area is 106 Å². The van der Waals surface area contributed by atoms with E-state index in [1.807, 2.05) is 13.0 Å². The number of benzene rings is 1. The lowest BCUT2D eigenvalue weighted by Crippen LogP contribution is -1.94. The van der Waals surface area contributed by atoms with E-state index in [-0.39, 0.29) is 5.75 Å². The van der Waals surface area contributed by atoms with Crippen molar-refractivity contribution in [1.29, 1.82) is 0 Å². The summed E-state index contributed by atoms with van der Waals surface area (Å²) in [5, 5.41) is 13.5. The number of rotatable bonds is 2. The molecule has 3 rings (SSSR count). The normalized spacial score (nSPS) is 16.3. The predicted molar refractivity (Wildman–Crippen MR) is 67.3 cm³/mol. The number of aryl methyl sites for hydroxylation is 1. The van der Waals surface area contributed by atoms with Crippen LogP contribution in [0.3, 0.4) is 0 Å². The quantitative estimate of drug-likeness (QED) is 0.879. The molecule has 0 aliphatic heterocycles. The minimum Gasteiger partial charge on any atom is -0.508 e. The molecular formula is C14H16N2O2. The van der Waals surface area contributed by atoms with Gasteiger partial charge in [-0.2, -0.15) is 4.98 Å². The first kappa shape index (κ1) is 11.3. The Morgan fingerprint density at radius 2 is 2.06 bits per heavy atom. The van der Waals surface area contributed by atoms with E-state index < -0.39 is 0 Å². The highest BCUT2D eigenvalue weighted by molar-refractivity contribution is 5.59. The van der Waals surface area contributed by atoms with E-state index in [0.29, 0.717) is 11.8 Å². The zero-order valence-corrected chi connectivity index (χ0v) is 10.4. The SMILES string of the molecule is Cc1cc(O)ccc1-c1nc(C2CCCC2)no1. The van der Waals surface area contributed by atoms with Crippen LogP contribution in [-0.4, -0.2) is 15.2 Å². The van der Waals surface area contributed by atoms with Gasteiger partial charge in [-0.3, -0.25) is 0 Å². The number of phenols is 1. The highest BCUT2D eigenvalue weighted by atomic mass is 16.5. The fourth-order valence-electron chi connectivity index (χ4n) is 2.58. The number of aromatic nitrogens is 2. The van der Waals surface area contributed by atoms with Gasteiger partial charge >= 0.3 is 0 Å². The first-order chi connectivity index (χ1) is 8.74. The molecule has 1 aromatic carbocycles. The second kappa shape index (κ2) is 4.44. The van der Waals surface area contributed by atoms with E-state index in [2.05, 4.69) is 10.1 Å². The molecule has 4 heteroatoms. The van der Waals surface area contributed by atoms with Crippen molar-refractivity contribution >= 4 is 0 Å². The Bertz CT molecular complexity index is 557. The maximum absolute atomic E-state index is 9.40. The van der Waals surface area contributed by atoms with Crippen LogP contribution in [0.2, 0.25) is 0 Å². The van der Waals surface area contributed by atoms with E-state index >= 15 is 0 Å². The summed E-state index contributed by atoms with van der Waals surface area (Å²) in [5.41, 5.74) is 1.83. The fourth-order valence-corrected chi connectivity index (χ4v) is 2.58. The molecule has 1 aliphatic carbocycles. The Morgan fingerprint density at radius 3 is 2.78 bits per heavy atom. The van der Waals surface area contributed by atoms with Crippen molar-refractivity contribution in [2.45, 2.75) is 38.5 Å². The molecule has 1 heterocycles. The summed E-state index contributed by atoms with van der Waals surface area (Å²) in [6.07, 6.45) is 4.83. The van der Waals surface area contributed by atoms with Crippen LogP contribution in [0.15, 0.2) is 22.7 Å². The van der Waals surface area contributed by atoms with E-state index in [1.165, 1.54) is 12.8 Å². The third-order valence-electron chi connectivity index (χ3n) is 3.60. The van der Waals surface area contributed by atoms with Gasteiger partial charge in [0.25, 0.3) is 5.89 Å². The summed E-state index contributed by atoms with van der Waals surface area (Å²) < 4.78 is 5.34. The number of nitrogens with zero attached hydrogens (tertiary/aromatic N) is 2. The first-order valence-electron chi connectivity index (χ1n) is 6.37. The van der Waals surface area contributed by atoms with Gasteiger partial charge in [-0.05, 0) is 43.5 Å². The second-order valence-electron chi connectivity index (χ2n) is 4.94. The average Bonchev–Trinajstić information content (AvgIpc) is 2.99. The second-order valence-corrected chi connectivity index (χ2v) is 4.94. The molecule has 0 amide bonds. The largest absolute Gasteiger partial charge is 0.508 e. The van der Waals surface area contributed by atoms with Crippen molar-refractivity contribution in [1.82, 2.24) is 10.1 Å². The molecule has 1 aromatic heterocycles. The van der Waals surface area contributed by atoms with Gasteiger partial charge in [-0.1, -0.05) is 18.0 Å². The first-order valence-corrected chi connectivity index (χ1v) is 6.37. The Balaban J connectivity index is 1.92. The highest BCUT2D eigenvalue weighted by Crippen LogP contribution is 2.34. The summed E-state index contributed by atoms with van der Waals surface area (Å²) in [5.74, 6) is 2.09. The molecule has 1 aliphatic rings. The third-order valence-corrected chi connectivity index (χ3v) is 3.60. The molecule has 0 radical (unpaired) electrons. The smallest absolute Gasteiger partial charge is 0.258 e. The molecule has 1 N–H and O–H groups in total. The topological polar surface area (TPSA) is 59.2 Å². The third kappa shape index (κ3) is 1.98. The Morgan fingerprint density at radius 1 is 1.28 bits per heavy atom. The van der Waals surface area contributed by atoms with E-state index in [4.69, 9.17) is 4.52 Å². The lowest BCUT2D eigenvalue weighted by molar-refractivity contribution is 0.415. The maximum Gasteiger partial charge on any atom is 0.258 e. The van der Waals surface area contributed by atoms with Crippen LogP contribution in [-0.2, 0) is 0 Å². The molecule has 0 atom stereocenters. The average molecular weight is 244 g/mol. The van der Waals surface area contributed by atoms with Gasteiger partial charge in [0.05, 0.1) is 0 Å². The zero-order chi connectivity index (χ0) is 12.5. The number of phenolic OH excluding ortho intramolecular Hbond substituents is 1. The van der Waals surface area contributed by atoms with Gasteiger partial charge in [0.1, 0.15) is 5.75 Å². The minimum atomic E-state index is 0.256. The van der Waals surface area contributed by atoms with E-state index in [9.17, 15) is 5.11 Å². The fraction of sp³-hybridized carbons (Fsp3) is 0.429. The Hall–Kier alpha value is -1.84. The van der Waals surface area contributed by atoms with Crippen LogP contribution in [0.4, 0.5) is 0 Å². The number of aromatic hydroxyl groups is 1. The molecule has 1 fully saturated rings. The van der Waals surface area contributed by atoms with Crippen molar-refractivity contribution in [2.75, 3.05) is 0 Å². The van der Waals surface area contributed by atoms with Crippen molar-refractivity contribution in [2.24, 2.45) is 0 Å². The van der Waals surface area contributed by atoms with E-state index in [0.717, 1.165) is 29.8 Å². The van der Waals surface area contributed by atoms with Gasteiger partial charge < -0.3 is 9.63 Å². The lowest BCUT2D eigenvalue weighted by atomic mass is 10.1. The summed E-state index contributed by atoms with van der Waals surface area (Å²) in [6, 6.07) is 5.16. The molecule has 1 saturated carbocycles. The maximum atomic E-state index is 9.40.